The molecule has 2 aromatic carbocycles. The smallest absolute Gasteiger partial charge is 0.268 e. The van der Waals surface area contributed by atoms with Crippen LogP contribution in [0.3, 0.4) is 0 Å². The van der Waals surface area contributed by atoms with Crippen LogP contribution in [0.25, 0.3) is 5.70 Å². The van der Waals surface area contributed by atoms with Crippen LogP contribution in [0.4, 0.5) is 5.69 Å². The summed E-state index contributed by atoms with van der Waals surface area (Å²) in [7, 11) is 0. The number of carbonyl (C=O) groups excluding carboxylic acids is 1. The SMILES string of the molecule is Cc1ccc(NC(=O)/C(C#N)=C2\NC(C)(C)Cc3ccccc32)c(C)c1. The lowest BCUT2D eigenvalue weighted by Gasteiger charge is -2.36. The molecule has 0 fully saturated rings. The topological polar surface area (TPSA) is 64.9 Å². The first-order valence-corrected chi connectivity index (χ1v) is 8.70. The number of rotatable bonds is 2. The maximum Gasteiger partial charge on any atom is 0.268 e. The van der Waals surface area contributed by atoms with Crippen LogP contribution in [0.5, 0.6) is 0 Å². The van der Waals surface area contributed by atoms with Crippen LogP contribution in [0.2, 0.25) is 0 Å². The minimum Gasteiger partial charge on any atom is -0.378 e. The molecule has 0 spiro atoms. The number of benzene rings is 2. The van der Waals surface area contributed by atoms with E-state index in [1.807, 2.05) is 50.2 Å². The van der Waals surface area contributed by atoms with E-state index in [0.29, 0.717) is 5.70 Å². The summed E-state index contributed by atoms with van der Waals surface area (Å²) < 4.78 is 0. The summed E-state index contributed by atoms with van der Waals surface area (Å²) >= 11 is 0. The Morgan fingerprint density at radius 3 is 2.62 bits per heavy atom. The predicted molar refractivity (Wildman–Crippen MR) is 104 cm³/mol. The van der Waals surface area contributed by atoms with Gasteiger partial charge in [0, 0.05) is 16.8 Å². The highest BCUT2D eigenvalue weighted by Crippen LogP contribution is 2.31. The number of carbonyl (C=O) groups is 1. The van der Waals surface area contributed by atoms with Crippen molar-refractivity contribution in [2.45, 2.75) is 39.7 Å². The Bertz CT molecular complexity index is 948. The highest BCUT2D eigenvalue weighted by Gasteiger charge is 2.31. The zero-order valence-electron chi connectivity index (χ0n) is 15.6. The fourth-order valence-electron chi connectivity index (χ4n) is 3.40. The molecule has 0 atom stereocenters. The van der Waals surface area contributed by atoms with Gasteiger partial charge in [0.05, 0.1) is 5.70 Å². The van der Waals surface area contributed by atoms with Crippen LogP contribution in [-0.4, -0.2) is 11.4 Å². The second-order valence-corrected chi connectivity index (χ2v) is 7.48. The second-order valence-electron chi connectivity index (χ2n) is 7.48. The molecule has 0 aromatic heterocycles. The van der Waals surface area contributed by atoms with Crippen LogP contribution < -0.4 is 10.6 Å². The number of nitriles is 1. The van der Waals surface area contributed by atoms with Gasteiger partial charge in [0.1, 0.15) is 11.6 Å². The molecule has 4 nitrogen and oxygen atoms in total. The zero-order chi connectivity index (χ0) is 18.9. The molecule has 0 bridgehead atoms. The number of fused-ring (bicyclic) bond motifs is 1. The molecule has 132 valence electrons. The molecule has 3 rings (SSSR count). The monoisotopic (exact) mass is 345 g/mol. The highest BCUT2D eigenvalue weighted by molar-refractivity contribution is 6.12. The van der Waals surface area contributed by atoms with E-state index in [1.165, 1.54) is 0 Å². The van der Waals surface area contributed by atoms with Gasteiger partial charge in [-0.2, -0.15) is 5.26 Å². The third kappa shape index (κ3) is 3.48. The molecule has 0 unspecified atom stereocenters. The molecule has 26 heavy (non-hydrogen) atoms. The van der Waals surface area contributed by atoms with E-state index in [9.17, 15) is 10.1 Å². The van der Waals surface area contributed by atoms with E-state index >= 15 is 0 Å². The predicted octanol–water partition coefficient (Wildman–Crippen LogP) is 4.10. The lowest BCUT2D eigenvalue weighted by Crippen LogP contribution is -2.44. The maximum absolute atomic E-state index is 12.9. The van der Waals surface area contributed by atoms with Gasteiger partial charge < -0.3 is 10.6 Å². The van der Waals surface area contributed by atoms with Crippen LogP contribution in [0.15, 0.2) is 48.0 Å². The van der Waals surface area contributed by atoms with E-state index in [4.69, 9.17) is 0 Å². The molecule has 4 heteroatoms. The quantitative estimate of drug-likeness (QED) is 0.636. The van der Waals surface area contributed by atoms with Gasteiger partial charge in [-0.3, -0.25) is 4.79 Å². The Morgan fingerprint density at radius 1 is 1.19 bits per heavy atom. The molecule has 1 aliphatic heterocycles. The van der Waals surface area contributed by atoms with Gasteiger partial charge >= 0.3 is 0 Å². The van der Waals surface area contributed by atoms with E-state index in [0.717, 1.165) is 34.4 Å². The number of aryl methyl sites for hydroxylation is 2. The minimum absolute atomic E-state index is 0.102. The largest absolute Gasteiger partial charge is 0.378 e. The van der Waals surface area contributed by atoms with Crippen molar-refractivity contribution in [2.24, 2.45) is 0 Å². The van der Waals surface area contributed by atoms with Crippen molar-refractivity contribution in [3.05, 3.63) is 70.3 Å². The van der Waals surface area contributed by atoms with Gasteiger partial charge in [0.2, 0.25) is 0 Å². The van der Waals surface area contributed by atoms with Gasteiger partial charge in [-0.25, -0.2) is 0 Å². The zero-order valence-corrected chi connectivity index (χ0v) is 15.6. The van der Waals surface area contributed by atoms with E-state index < -0.39 is 5.91 Å². The number of nitrogens with one attached hydrogen (secondary N) is 2. The first kappa shape index (κ1) is 17.8. The highest BCUT2D eigenvalue weighted by atomic mass is 16.1. The number of hydrogen-bond acceptors (Lipinski definition) is 3. The Labute approximate surface area is 154 Å². The van der Waals surface area contributed by atoms with Gasteiger partial charge in [-0.15, -0.1) is 0 Å². The Morgan fingerprint density at radius 2 is 1.92 bits per heavy atom. The van der Waals surface area contributed by atoms with Crippen molar-refractivity contribution in [3.63, 3.8) is 0 Å². The first-order chi connectivity index (χ1) is 12.3. The summed E-state index contributed by atoms with van der Waals surface area (Å²) in [6.45, 7) is 8.09. The van der Waals surface area contributed by atoms with Crippen LogP contribution in [0, 0.1) is 25.2 Å². The summed E-state index contributed by atoms with van der Waals surface area (Å²) in [6, 6.07) is 15.8. The summed E-state index contributed by atoms with van der Waals surface area (Å²) in [4.78, 5) is 12.9. The second kappa shape index (κ2) is 6.68. The van der Waals surface area contributed by atoms with Gasteiger partial charge in [-0.05, 0) is 51.3 Å². The van der Waals surface area contributed by atoms with Crippen molar-refractivity contribution in [2.75, 3.05) is 5.32 Å². The van der Waals surface area contributed by atoms with Crippen LogP contribution in [-0.2, 0) is 11.2 Å². The van der Waals surface area contributed by atoms with Crippen LogP contribution in [0.1, 0.15) is 36.1 Å². The standard InChI is InChI=1S/C22H23N3O/c1-14-9-10-19(15(2)11-14)24-21(26)18(13-23)20-17-8-6-5-7-16(17)12-22(3,4)25-20/h5-11,25H,12H2,1-4H3,(H,24,26)/b20-18-. The molecular weight excluding hydrogens is 322 g/mol. The van der Waals surface area contributed by atoms with Crippen molar-refractivity contribution < 1.29 is 4.79 Å². The molecule has 1 aliphatic rings. The van der Waals surface area contributed by atoms with Crippen molar-refractivity contribution in [3.8, 4) is 6.07 Å². The Kier molecular flexibility index (Phi) is 4.56. The number of anilines is 1. The normalized spacial score (nSPS) is 16.7. The molecule has 0 radical (unpaired) electrons. The van der Waals surface area contributed by atoms with E-state index in [2.05, 4.69) is 36.6 Å². The number of hydrogen-bond donors (Lipinski definition) is 2. The third-order valence-corrected chi connectivity index (χ3v) is 4.60. The first-order valence-electron chi connectivity index (χ1n) is 8.70. The fraction of sp³-hybridized carbons (Fsp3) is 0.273. The van der Waals surface area contributed by atoms with Gasteiger partial charge in [0.25, 0.3) is 5.91 Å². The van der Waals surface area contributed by atoms with Crippen molar-refractivity contribution >= 4 is 17.3 Å². The van der Waals surface area contributed by atoms with Crippen LogP contribution >= 0.6 is 0 Å². The van der Waals surface area contributed by atoms with E-state index in [1.54, 1.807) is 0 Å². The molecular formula is C22H23N3O. The van der Waals surface area contributed by atoms with Gasteiger partial charge in [-0.1, -0.05) is 42.0 Å². The fourth-order valence-corrected chi connectivity index (χ4v) is 3.40. The molecule has 0 aliphatic carbocycles. The third-order valence-electron chi connectivity index (χ3n) is 4.60. The molecule has 1 amide bonds. The average Bonchev–Trinajstić information content (AvgIpc) is 2.57. The number of nitrogens with zero attached hydrogens (tertiary/aromatic N) is 1. The van der Waals surface area contributed by atoms with Gasteiger partial charge in [0.15, 0.2) is 0 Å². The minimum atomic E-state index is -0.394. The Balaban J connectivity index is 2.04. The van der Waals surface area contributed by atoms with Crippen molar-refractivity contribution in [1.29, 1.82) is 5.26 Å². The molecule has 2 N–H and O–H groups in total. The Hall–Kier alpha value is -3.06. The lowest BCUT2D eigenvalue weighted by atomic mass is 9.84. The van der Waals surface area contributed by atoms with Crippen molar-refractivity contribution in [1.82, 2.24) is 5.32 Å². The molecule has 1 heterocycles. The van der Waals surface area contributed by atoms with E-state index in [-0.39, 0.29) is 11.1 Å². The lowest BCUT2D eigenvalue weighted by molar-refractivity contribution is -0.112. The summed E-state index contributed by atoms with van der Waals surface area (Å²) in [5, 5.41) is 16.0. The maximum atomic E-state index is 12.9. The summed E-state index contributed by atoms with van der Waals surface area (Å²) in [5.74, 6) is -0.394. The summed E-state index contributed by atoms with van der Waals surface area (Å²) in [5.41, 5.74) is 5.34. The summed E-state index contributed by atoms with van der Waals surface area (Å²) in [6.07, 6.45) is 0.837. The number of amides is 1. The molecule has 2 aromatic rings. The molecule has 0 saturated carbocycles. The average molecular weight is 345 g/mol. The molecule has 0 saturated heterocycles.